The van der Waals surface area contributed by atoms with Crippen LogP contribution in [0.5, 0.6) is 23.0 Å². The van der Waals surface area contributed by atoms with Crippen molar-refractivity contribution in [3.63, 3.8) is 0 Å². The average Bonchev–Trinajstić information content (AvgIpc) is 3.32. The number of hydrogen-bond acceptors (Lipinski definition) is 8. The smallest absolute Gasteiger partial charge is 0.343 e. The zero-order valence-corrected chi connectivity index (χ0v) is 34.1. The highest BCUT2D eigenvalue weighted by molar-refractivity contribution is 6.11. The van der Waals surface area contributed by atoms with Gasteiger partial charge in [0, 0.05) is 0 Å². The minimum atomic E-state index is -0.517. The average molecular weight is 819 g/mol. The molecular weight excluding hydrogens is 777 g/mol. The van der Waals surface area contributed by atoms with Gasteiger partial charge < -0.3 is 29.2 Å². The molecule has 8 aromatic rings. The first-order valence-corrected chi connectivity index (χ1v) is 20.0. The zero-order valence-electron chi connectivity index (χ0n) is 34.1. The first-order chi connectivity index (χ1) is 30.3. The number of carbonyl (C=O) groups excluding carboxylic acids is 2. The van der Waals surface area contributed by atoms with Gasteiger partial charge in [-0.1, -0.05) is 109 Å². The van der Waals surface area contributed by atoms with Crippen LogP contribution in [-0.4, -0.2) is 36.4 Å². The second-order valence-corrected chi connectivity index (χ2v) is 14.4. The summed E-state index contributed by atoms with van der Waals surface area (Å²) in [5.74, 6) is 0.871. The number of rotatable bonds is 13. The Bertz CT molecular complexity index is 2780. The van der Waals surface area contributed by atoms with Crippen LogP contribution in [0.1, 0.15) is 54.1 Å². The summed E-state index contributed by atoms with van der Waals surface area (Å²) in [6.07, 6.45) is 8.02. The molecule has 0 aliphatic rings. The summed E-state index contributed by atoms with van der Waals surface area (Å²) in [6.45, 7) is -0.531. The monoisotopic (exact) mass is 818 g/mol. The molecule has 306 valence electrons. The Morgan fingerprint density at radius 2 is 0.790 bits per heavy atom. The van der Waals surface area contributed by atoms with E-state index in [0.717, 1.165) is 54.9 Å². The maximum atomic E-state index is 12.9. The van der Waals surface area contributed by atoms with Crippen molar-refractivity contribution in [1.29, 1.82) is 0 Å². The normalized spacial score (nSPS) is 11.4. The van der Waals surface area contributed by atoms with E-state index in [-0.39, 0.29) is 13.2 Å². The summed E-state index contributed by atoms with van der Waals surface area (Å²) in [6, 6.07) is 48.7. The van der Waals surface area contributed by atoms with Crippen molar-refractivity contribution in [2.75, 3.05) is 14.2 Å². The van der Waals surface area contributed by atoms with Gasteiger partial charge in [0.2, 0.25) is 0 Å². The molecule has 8 heteroatoms. The fraction of sp³-hybridized carbons (Fsp3) is 0.0741. The van der Waals surface area contributed by atoms with E-state index in [9.17, 15) is 19.8 Å². The number of fused-ring (bicyclic) bond motifs is 2. The molecule has 0 amide bonds. The SMILES string of the molecule is COc1ccc(C(=O)Oc2ccc(/C=C/c3ccc4ccccc4c3-c3c(/C=C/c4ccc(OC(=O)c5ccc(OC)cc5)cc4CO)ccc4ccccc34)c(CO)c2)cc1. The molecule has 0 unspecified atom stereocenters. The number of ether oxygens (including phenoxy) is 4. The number of methoxy groups -OCH3 is 2. The fourth-order valence-corrected chi connectivity index (χ4v) is 7.45. The molecule has 8 nitrogen and oxygen atoms in total. The highest BCUT2D eigenvalue weighted by Crippen LogP contribution is 2.41. The third kappa shape index (κ3) is 8.88. The van der Waals surface area contributed by atoms with Crippen molar-refractivity contribution in [3.8, 4) is 34.1 Å². The molecule has 2 N–H and O–H groups in total. The van der Waals surface area contributed by atoms with E-state index < -0.39 is 11.9 Å². The van der Waals surface area contributed by atoms with Crippen molar-refractivity contribution < 1.29 is 38.7 Å². The fourth-order valence-electron chi connectivity index (χ4n) is 7.45. The van der Waals surface area contributed by atoms with Gasteiger partial charge in [-0.3, -0.25) is 0 Å². The Labute approximate surface area is 359 Å². The summed E-state index contributed by atoms with van der Waals surface area (Å²) < 4.78 is 21.7. The molecule has 0 fully saturated rings. The zero-order chi connectivity index (χ0) is 43.0. The molecule has 0 saturated heterocycles. The number of esters is 2. The summed E-state index contributed by atoms with van der Waals surface area (Å²) in [7, 11) is 3.12. The maximum absolute atomic E-state index is 12.9. The second kappa shape index (κ2) is 18.6. The number of aliphatic hydroxyl groups is 2. The van der Waals surface area contributed by atoms with E-state index >= 15 is 0 Å². The lowest BCUT2D eigenvalue weighted by molar-refractivity contribution is 0.0724. The van der Waals surface area contributed by atoms with Gasteiger partial charge in [-0.15, -0.1) is 0 Å². The third-order valence-electron chi connectivity index (χ3n) is 10.7. The molecule has 0 aromatic heterocycles. The third-order valence-corrected chi connectivity index (χ3v) is 10.7. The number of aliphatic hydroxyl groups excluding tert-OH is 2. The van der Waals surface area contributed by atoms with Crippen LogP contribution < -0.4 is 18.9 Å². The predicted octanol–water partition coefficient (Wildman–Crippen LogP) is 11.4. The van der Waals surface area contributed by atoms with E-state index in [1.54, 1.807) is 87.0 Å². The quantitative estimate of drug-likeness (QED) is 0.0672. The molecule has 0 bridgehead atoms. The topological polar surface area (TPSA) is 112 Å². The van der Waals surface area contributed by atoms with Crippen LogP contribution in [0.25, 0.3) is 57.0 Å². The van der Waals surface area contributed by atoms with Gasteiger partial charge in [0.15, 0.2) is 0 Å². The van der Waals surface area contributed by atoms with Gasteiger partial charge in [0.1, 0.15) is 23.0 Å². The minimum absolute atomic E-state index is 0.266. The van der Waals surface area contributed by atoms with E-state index in [1.165, 1.54) is 0 Å². The standard InChI is InChI=1S/C54H42O8/c1-59-45-25-21-41(22-26-45)53(57)61-47-29-19-35(43(31-47)33-55)11-15-39-17-13-37-7-3-5-9-49(37)51(39)52-40(18-14-38-8-4-6-10-50(38)52)16-12-36-20-30-48(32-44(36)34-56)62-54(58)42-23-27-46(60-2)28-24-42/h3-32,55-56H,33-34H2,1-2H3/b15-11+,16-12+. The van der Waals surface area contributed by atoms with Gasteiger partial charge in [-0.25, -0.2) is 9.59 Å². The minimum Gasteiger partial charge on any atom is -0.497 e. The summed E-state index contributed by atoms with van der Waals surface area (Å²) in [5, 5.41) is 25.2. The molecule has 0 spiro atoms. The van der Waals surface area contributed by atoms with E-state index in [4.69, 9.17) is 18.9 Å². The van der Waals surface area contributed by atoms with Gasteiger partial charge in [0.05, 0.1) is 38.6 Å². The van der Waals surface area contributed by atoms with Gasteiger partial charge in [0.25, 0.3) is 0 Å². The molecule has 0 radical (unpaired) electrons. The van der Waals surface area contributed by atoms with Crippen LogP contribution in [0.2, 0.25) is 0 Å². The highest BCUT2D eigenvalue weighted by atomic mass is 16.5. The lowest BCUT2D eigenvalue weighted by Gasteiger charge is -2.17. The van der Waals surface area contributed by atoms with Crippen molar-refractivity contribution in [3.05, 3.63) is 202 Å². The number of hydrogen-bond donors (Lipinski definition) is 2. The summed E-state index contributed by atoms with van der Waals surface area (Å²) in [4.78, 5) is 25.8. The molecule has 0 aliphatic carbocycles. The second-order valence-electron chi connectivity index (χ2n) is 14.4. The largest absolute Gasteiger partial charge is 0.497 e. The first-order valence-electron chi connectivity index (χ1n) is 20.0. The Hall–Kier alpha value is -7.78. The van der Waals surface area contributed by atoms with E-state index in [2.05, 4.69) is 48.5 Å². The van der Waals surface area contributed by atoms with Crippen LogP contribution in [0.3, 0.4) is 0 Å². The van der Waals surface area contributed by atoms with E-state index in [0.29, 0.717) is 45.3 Å². The summed E-state index contributed by atoms with van der Waals surface area (Å²) in [5.41, 5.74) is 7.43. The maximum Gasteiger partial charge on any atom is 0.343 e. The van der Waals surface area contributed by atoms with Crippen molar-refractivity contribution in [2.24, 2.45) is 0 Å². The predicted molar refractivity (Wildman–Crippen MR) is 245 cm³/mol. The first kappa shape index (κ1) is 41.0. The van der Waals surface area contributed by atoms with E-state index in [1.807, 2.05) is 60.7 Å². The Morgan fingerprint density at radius 3 is 1.18 bits per heavy atom. The molecule has 8 rings (SSSR count). The van der Waals surface area contributed by atoms with Gasteiger partial charge in [-0.05, 0) is 139 Å². The molecule has 0 aliphatic heterocycles. The van der Waals surface area contributed by atoms with Crippen LogP contribution in [0.15, 0.2) is 158 Å². The van der Waals surface area contributed by atoms with Gasteiger partial charge in [-0.2, -0.15) is 0 Å². The molecule has 0 atom stereocenters. The van der Waals surface area contributed by atoms with Crippen molar-refractivity contribution >= 4 is 57.8 Å². The Morgan fingerprint density at radius 1 is 0.435 bits per heavy atom. The van der Waals surface area contributed by atoms with Crippen molar-refractivity contribution in [2.45, 2.75) is 13.2 Å². The van der Waals surface area contributed by atoms with Crippen LogP contribution in [-0.2, 0) is 13.2 Å². The van der Waals surface area contributed by atoms with Crippen molar-refractivity contribution in [1.82, 2.24) is 0 Å². The van der Waals surface area contributed by atoms with Crippen LogP contribution >= 0.6 is 0 Å². The molecule has 0 heterocycles. The number of carbonyl (C=O) groups is 2. The number of benzene rings is 8. The molecular formula is C54H42O8. The molecule has 0 saturated carbocycles. The molecule has 8 aromatic carbocycles. The lowest BCUT2D eigenvalue weighted by Crippen LogP contribution is -2.08. The molecule has 62 heavy (non-hydrogen) atoms. The van der Waals surface area contributed by atoms with Crippen LogP contribution in [0.4, 0.5) is 0 Å². The highest BCUT2D eigenvalue weighted by Gasteiger charge is 2.17. The summed E-state index contributed by atoms with van der Waals surface area (Å²) >= 11 is 0. The Kier molecular flexibility index (Phi) is 12.3. The Balaban J connectivity index is 1.15. The van der Waals surface area contributed by atoms with Crippen LogP contribution in [0, 0.1) is 0 Å². The van der Waals surface area contributed by atoms with Gasteiger partial charge >= 0.3 is 11.9 Å². The lowest BCUT2D eigenvalue weighted by atomic mass is 9.86.